The Morgan fingerprint density at radius 1 is 1.00 bits per heavy atom. The molecule has 1 unspecified atom stereocenters. The van der Waals surface area contributed by atoms with Gasteiger partial charge in [-0.05, 0) is 5.92 Å². The van der Waals surface area contributed by atoms with Crippen LogP contribution in [0.2, 0.25) is 5.82 Å². The second-order valence-corrected chi connectivity index (χ2v) is 3.41. The van der Waals surface area contributed by atoms with E-state index in [2.05, 4.69) is 20.8 Å². The first-order valence-corrected chi connectivity index (χ1v) is 5.01. The van der Waals surface area contributed by atoms with Crippen LogP contribution < -0.4 is 0 Å². The van der Waals surface area contributed by atoms with Gasteiger partial charge in [0, 0.05) is 0 Å². The highest BCUT2D eigenvalue weighted by molar-refractivity contribution is 6.11. The Bertz CT molecular complexity index is 74.9. The SMILES string of the molecule is [B]C(CC)C(CCC)CCC. The second kappa shape index (κ2) is 6.76. The van der Waals surface area contributed by atoms with Crippen LogP contribution in [0.15, 0.2) is 0 Å². The van der Waals surface area contributed by atoms with Crippen molar-refractivity contribution in [3.63, 3.8) is 0 Å². The minimum Gasteiger partial charge on any atom is -0.0749 e. The molecule has 0 nitrogen and oxygen atoms in total. The summed E-state index contributed by atoms with van der Waals surface area (Å²) in [5.41, 5.74) is 0. The van der Waals surface area contributed by atoms with E-state index >= 15 is 0 Å². The standard InChI is InChI=1S/C10H21B/c1-4-7-9(8-5-2)10(11)6-3/h9-10H,4-8H2,1-3H3. The van der Waals surface area contributed by atoms with Crippen LogP contribution in [0, 0.1) is 5.92 Å². The summed E-state index contributed by atoms with van der Waals surface area (Å²) in [6.45, 7) is 6.67. The summed E-state index contributed by atoms with van der Waals surface area (Å²) in [4.78, 5) is 0. The molecule has 0 aliphatic rings. The molecule has 0 fully saturated rings. The van der Waals surface area contributed by atoms with E-state index in [1.807, 2.05) is 0 Å². The van der Waals surface area contributed by atoms with E-state index in [-0.39, 0.29) is 0 Å². The van der Waals surface area contributed by atoms with Crippen molar-refractivity contribution in [1.82, 2.24) is 0 Å². The van der Waals surface area contributed by atoms with E-state index in [1.54, 1.807) is 0 Å². The third kappa shape index (κ3) is 4.50. The summed E-state index contributed by atoms with van der Waals surface area (Å²) >= 11 is 0. The molecule has 0 aromatic carbocycles. The lowest BCUT2D eigenvalue weighted by atomic mass is 9.71. The van der Waals surface area contributed by atoms with E-state index in [0.717, 1.165) is 12.3 Å². The van der Waals surface area contributed by atoms with E-state index in [1.165, 1.54) is 25.7 Å². The highest BCUT2D eigenvalue weighted by Gasteiger charge is 2.12. The molecule has 0 aliphatic heterocycles. The molecule has 2 radical (unpaired) electrons. The van der Waals surface area contributed by atoms with Gasteiger partial charge in [0.1, 0.15) is 0 Å². The van der Waals surface area contributed by atoms with Gasteiger partial charge in [0.25, 0.3) is 0 Å². The lowest BCUT2D eigenvalue weighted by Gasteiger charge is -2.21. The van der Waals surface area contributed by atoms with Gasteiger partial charge in [-0.15, -0.1) is 0 Å². The van der Waals surface area contributed by atoms with Crippen LogP contribution >= 0.6 is 0 Å². The first-order chi connectivity index (χ1) is 5.26. The van der Waals surface area contributed by atoms with Gasteiger partial charge in [-0.3, -0.25) is 0 Å². The fraction of sp³-hybridized carbons (Fsp3) is 1.00. The topological polar surface area (TPSA) is 0 Å². The van der Waals surface area contributed by atoms with Crippen LogP contribution in [-0.4, -0.2) is 7.85 Å². The second-order valence-electron chi connectivity index (χ2n) is 3.41. The summed E-state index contributed by atoms with van der Waals surface area (Å²) in [7, 11) is 5.99. The maximum absolute atomic E-state index is 5.99. The molecule has 0 amide bonds. The molecule has 0 aromatic heterocycles. The molecule has 11 heavy (non-hydrogen) atoms. The Balaban J connectivity index is 3.66. The predicted molar refractivity (Wildman–Crippen MR) is 53.1 cm³/mol. The van der Waals surface area contributed by atoms with Crippen LogP contribution in [0.3, 0.4) is 0 Å². The third-order valence-corrected chi connectivity index (χ3v) is 2.40. The fourth-order valence-electron chi connectivity index (χ4n) is 1.65. The van der Waals surface area contributed by atoms with Crippen LogP contribution in [-0.2, 0) is 0 Å². The zero-order valence-electron chi connectivity index (χ0n) is 8.27. The van der Waals surface area contributed by atoms with Gasteiger partial charge in [0.2, 0.25) is 0 Å². The molecule has 0 bridgehead atoms. The van der Waals surface area contributed by atoms with Crippen molar-refractivity contribution in [3.8, 4) is 0 Å². The normalized spacial score (nSPS) is 13.8. The lowest BCUT2D eigenvalue weighted by molar-refractivity contribution is 0.407. The van der Waals surface area contributed by atoms with Crippen LogP contribution in [0.1, 0.15) is 52.9 Å². The largest absolute Gasteiger partial charge is 0.0749 e. The number of hydrogen-bond acceptors (Lipinski definition) is 0. The zero-order chi connectivity index (χ0) is 8.69. The predicted octanol–water partition coefficient (Wildman–Crippen LogP) is 3.57. The Morgan fingerprint density at radius 3 is 1.73 bits per heavy atom. The molecule has 0 N–H and O–H groups in total. The Labute approximate surface area is 73.2 Å². The smallest absolute Gasteiger partial charge is 0.0703 e. The quantitative estimate of drug-likeness (QED) is 0.510. The maximum Gasteiger partial charge on any atom is 0.0703 e. The molecule has 1 heteroatoms. The van der Waals surface area contributed by atoms with Gasteiger partial charge < -0.3 is 0 Å². The monoisotopic (exact) mass is 152 g/mol. The Kier molecular flexibility index (Phi) is 6.80. The summed E-state index contributed by atoms with van der Waals surface area (Å²) in [5, 5.41) is 0. The average Bonchev–Trinajstić information content (AvgIpc) is 2.03. The first-order valence-electron chi connectivity index (χ1n) is 5.01. The van der Waals surface area contributed by atoms with Crippen molar-refractivity contribution in [3.05, 3.63) is 0 Å². The first kappa shape index (κ1) is 11.1. The van der Waals surface area contributed by atoms with Gasteiger partial charge in [0.15, 0.2) is 0 Å². The van der Waals surface area contributed by atoms with Gasteiger partial charge in [-0.25, -0.2) is 0 Å². The van der Waals surface area contributed by atoms with Crippen molar-refractivity contribution < 1.29 is 0 Å². The summed E-state index contributed by atoms with van der Waals surface area (Å²) < 4.78 is 0. The van der Waals surface area contributed by atoms with E-state index in [4.69, 9.17) is 7.85 Å². The van der Waals surface area contributed by atoms with Crippen molar-refractivity contribution in [2.45, 2.75) is 58.7 Å². The molecule has 0 spiro atoms. The molecular weight excluding hydrogens is 131 g/mol. The van der Waals surface area contributed by atoms with E-state index < -0.39 is 0 Å². The van der Waals surface area contributed by atoms with Gasteiger partial charge in [-0.2, -0.15) is 0 Å². The van der Waals surface area contributed by atoms with Crippen molar-refractivity contribution in [1.29, 1.82) is 0 Å². The molecule has 0 rings (SSSR count). The van der Waals surface area contributed by atoms with Crippen LogP contribution in [0.5, 0.6) is 0 Å². The Morgan fingerprint density at radius 2 is 1.45 bits per heavy atom. The van der Waals surface area contributed by atoms with Crippen LogP contribution in [0.25, 0.3) is 0 Å². The molecular formula is C10H21B. The highest BCUT2D eigenvalue weighted by Crippen LogP contribution is 2.27. The highest BCUT2D eigenvalue weighted by atomic mass is 14.1. The van der Waals surface area contributed by atoms with Gasteiger partial charge in [0.05, 0.1) is 7.85 Å². The summed E-state index contributed by atoms with van der Waals surface area (Å²) in [6.07, 6.45) is 6.30. The van der Waals surface area contributed by atoms with Crippen LogP contribution in [0.4, 0.5) is 0 Å². The summed E-state index contributed by atoms with van der Waals surface area (Å²) in [6, 6.07) is 0. The molecule has 0 aliphatic carbocycles. The third-order valence-electron chi connectivity index (χ3n) is 2.40. The van der Waals surface area contributed by atoms with Gasteiger partial charge >= 0.3 is 0 Å². The lowest BCUT2D eigenvalue weighted by Crippen LogP contribution is -2.08. The number of rotatable bonds is 6. The molecule has 0 saturated carbocycles. The Hall–Kier alpha value is 0.0649. The van der Waals surface area contributed by atoms with Crippen molar-refractivity contribution in [2.24, 2.45) is 5.92 Å². The zero-order valence-corrected chi connectivity index (χ0v) is 8.27. The molecule has 64 valence electrons. The van der Waals surface area contributed by atoms with Crippen molar-refractivity contribution >= 4 is 7.85 Å². The average molecular weight is 152 g/mol. The molecule has 0 saturated heterocycles. The van der Waals surface area contributed by atoms with Crippen molar-refractivity contribution in [2.75, 3.05) is 0 Å². The van der Waals surface area contributed by atoms with E-state index in [9.17, 15) is 0 Å². The summed E-state index contributed by atoms with van der Waals surface area (Å²) in [5.74, 6) is 1.21. The minimum atomic E-state index is 0.440. The molecule has 0 aromatic rings. The van der Waals surface area contributed by atoms with Gasteiger partial charge in [-0.1, -0.05) is 58.7 Å². The van der Waals surface area contributed by atoms with E-state index in [0.29, 0.717) is 5.82 Å². The fourth-order valence-corrected chi connectivity index (χ4v) is 1.65. The molecule has 0 heterocycles. The maximum atomic E-state index is 5.99. The number of hydrogen-bond donors (Lipinski definition) is 0. The molecule has 1 atom stereocenters. The minimum absolute atomic E-state index is 0.440.